The first-order valence-corrected chi connectivity index (χ1v) is 12.0. The third-order valence-electron chi connectivity index (χ3n) is 5.40. The largest absolute Gasteiger partial charge is 0.480 e. The molecule has 0 spiro atoms. The van der Waals surface area contributed by atoms with E-state index in [4.69, 9.17) is 10.2 Å². The maximum atomic E-state index is 11.8. The number of aliphatic hydroxyl groups excluding tert-OH is 2. The number of hydrogen-bond donors (Lipinski definition) is 4. The van der Waals surface area contributed by atoms with E-state index < -0.39 is 18.8 Å². The Hall–Kier alpha value is -1.18. The van der Waals surface area contributed by atoms with Crippen LogP contribution in [0, 0.1) is 0 Å². The third-order valence-corrected chi connectivity index (χ3v) is 5.40. The lowest BCUT2D eigenvalue weighted by molar-refractivity contribution is -0.142. The molecule has 1 unspecified atom stereocenters. The lowest BCUT2D eigenvalue weighted by Gasteiger charge is -2.24. The van der Waals surface area contributed by atoms with Gasteiger partial charge in [-0.2, -0.15) is 0 Å². The normalized spacial score (nSPS) is 12.3. The summed E-state index contributed by atoms with van der Waals surface area (Å²) >= 11 is 0. The molecular weight excluding hydrogens is 384 g/mol. The lowest BCUT2D eigenvalue weighted by atomic mass is 10.0. The van der Waals surface area contributed by atoms with Crippen molar-refractivity contribution in [3.05, 3.63) is 0 Å². The summed E-state index contributed by atoms with van der Waals surface area (Å²) in [5, 5.41) is 30.1. The summed E-state index contributed by atoms with van der Waals surface area (Å²) in [6.07, 6.45) is 17.1. The first-order chi connectivity index (χ1) is 14.5. The highest BCUT2D eigenvalue weighted by molar-refractivity contribution is 5.75. The molecule has 1 amide bonds. The predicted octanol–water partition coefficient (Wildman–Crippen LogP) is 3.67. The average Bonchev–Trinajstić information content (AvgIpc) is 2.72. The Morgan fingerprint density at radius 3 is 1.73 bits per heavy atom. The predicted molar refractivity (Wildman–Crippen MR) is 120 cm³/mol. The van der Waals surface area contributed by atoms with Gasteiger partial charge in [-0.15, -0.1) is 0 Å². The zero-order valence-electron chi connectivity index (χ0n) is 19.1. The number of aliphatic hydroxyl groups is 2. The number of carbonyl (C=O) groups is 2. The van der Waals surface area contributed by atoms with Crippen LogP contribution in [-0.2, 0) is 9.59 Å². The van der Waals surface area contributed by atoms with Gasteiger partial charge in [0.2, 0.25) is 5.91 Å². The van der Waals surface area contributed by atoms with E-state index in [2.05, 4.69) is 12.2 Å². The highest BCUT2D eigenvalue weighted by Gasteiger charge is 2.17. The molecule has 30 heavy (non-hydrogen) atoms. The van der Waals surface area contributed by atoms with Crippen LogP contribution in [0.3, 0.4) is 0 Å². The summed E-state index contributed by atoms with van der Waals surface area (Å²) in [6, 6.07) is 0. The van der Waals surface area contributed by atoms with Gasteiger partial charge in [-0.25, -0.2) is 0 Å². The van der Waals surface area contributed by atoms with E-state index in [9.17, 15) is 14.7 Å². The Kier molecular flexibility index (Phi) is 20.2. The van der Waals surface area contributed by atoms with Crippen molar-refractivity contribution < 1.29 is 24.9 Å². The van der Waals surface area contributed by atoms with Crippen molar-refractivity contribution in [1.29, 1.82) is 0 Å². The second kappa shape index (κ2) is 21.1. The molecule has 0 aromatic rings. The monoisotopic (exact) mass is 430 g/mol. The van der Waals surface area contributed by atoms with Gasteiger partial charge in [0.1, 0.15) is 6.23 Å². The number of hydrogen-bond acceptors (Lipinski definition) is 5. The number of carboxylic acids is 1. The molecule has 7 nitrogen and oxygen atoms in total. The molecule has 4 N–H and O–H groups in total. The minimum atomic E-state index is -1.23. The third kappa shape index (κ3) is 18.8. The summed E-state index contributed by atoms with van der Waals surface area (Å²) in [7, 11) is 0. The first-order valence-electron chi connectivity index (χ1n) is 12.0. The van der Waals surface area contributed by atoms with Gasteiger partial charge in [-0.1, -0.05) is 90.4 Å². The molecule has 0 aliphatic heterocycles. The minimum Gasteiger partial charge on any atom is -0.480 e. The van der Waals surface area contributed by atoms with Crippen LogP contribution in [0.2, 0.25) is 0 Å². The number of rotatable bonds is 22. The molecule has 7 heteroatoms. The number of carbonyl (C=O) groups excluding carboxylic acids is 1. The zero-order chi connectivity index (χ0) is 22.5. The fraction of sp³-hybridized carbons (Fsp3) is 0.913. The summed E-state index contributed by atoms with van der Waals surface area (Å²) in [6.45, 7) is 1.76. The Labute approximate surface area is 183 Å². The number of nitrogens with one attached hydrogen (secondary N) is 1. The molecule has 0 fully saturated rings. The fourth-order valence-electron chi connectivity index (χ4n) is 3.53. The van der Waals surface area contributed by atoms with Crippen LogP contribution in [-0.4, -0.2) is 64.6 Å². The molecule has 0 heterocycles. The molecule has 0 aromatic heterocycles. The van der Waals surface area contributed by atoms with Crippen molar-refractivity contribution in [2.24, 2.45) is 0 Å². The molecule has 0 aromatic carbocycles. The second-order valence-corrected chi connectivity index (χ2v) is 8.22. The molecule has 0 saturated heterocycles. The van der Waals surface area contributed by atoms with Crippen LogP contribution in [0.15, 0.2) is 0 Å². The molecule has 0 saturated carbocycles. The Bertz CT molecular complexity index is 420. The number of carboxylic acid groups (broad SMARTS) is 1. The van der Waals surface area contributed by atoms with Crippen LogP contribution in [0.25, 0.3) is 0 Å². The Morgan fingerprint density at radius 1 is 0.833 bits per heavy atom. The summed E-state index contributed by atoms with van der Waals surface area (Å²) in [4.78, 5) is 23.8. The maximum Gasteiger partial charge on any atom is 0.317 e. The van der Waals surface area contributed by atoms with Crippen molar-refractivity contribution in [3.8, 4) is 0 Å². The van der Waals surface area contributed by atoms with Crippen molar-refractivity contribution in [2.45, 2.75) is 109 Å². The van der Waals surface area contributed by atoms with E-state index in [1.54, 1.807) is 0 Å². The van der Waals surface area contributed by atoms with Gasteiger partial charge in [0.25, 0.3) is 0 Å². The highest BCUT2D eigenvalue weighted by Crippen LogP contribution is 2.13. The van der Waals surface area contributed by atoms with Gasteiger partial charge < -0.3 is 20.6 Å². The van der Waals surface area contributed by atoms with Gasteiger partial charge in [0.05, 0.1) is 13.2 Å². The molecular formula is C23H46N2O5. The SMILES string of the molecule is CCCCCCCCCCCCCCCCC(=O)NCCN(CC(=O)O)C(O)CO. The second-order valence-electron chi connectivity index (χ2n) is 8.22. The zero-order valence-corrected chi connectivity index (χ0v) is 19.1. The molecule has 0 radical (unpaired) electrons. The van der Waals surface area contributed by atoms with Crippen LogP contribution in [0.5, 0.6) is 0 Å². The van der Waals surface area contributed by atoms with E-state index in [1.807, 2.05) is 0 Å². The van der Waals surface area contributed by atoms with Crippen LogP contribution < -0.4 is 5.32 Å². The lowest BCUT2D eigenvalue weighted by Crippen LogP contribution is -2.45. The van der Waals surface area contributed by atoms with E-state index in [1.165, 1.54) is 81.9 Å². The Balaban J connectivity index is 3.47. The molecule has 1 atom stereocenters. The highest BCUT2D eigenvalue weighted by atomic mass is 16.4. The van der Waals surface area contributed by atoms with Gasteiger partial charge >= 0.3 is 5.97 Å². The molecule has 0 rings (SSSR count). The maximum absolute atomic E-state index is 11.8. The number of nitrogens with zero attached hydrogens (tertiary/aromatic N) is 1. The van der Waals surface area contributed by atoms with Crippen molar-refractivity contribution >= 4 is 11.9 Å². The van der Waals surface area contributed by atoms with Gasteiger partial charge in [-0.05, 0) is 6.42 Å². The fourth-order valence-corrected chi connectivity index (χ4v) is 3.53. The molecule has 0 aliphatic rings. The summed E-state index contributed by atoms with van der Waals surface area (Å²) in [5.74, 6) is -1.14. The minimum absolute atomic E-state index is 0.0531. The standard InChI is InChI=1S/C23H46N2O5/c1-2-3-4-5-6-7-8-9-10-11-12-13-14-15-16-21(27)24-17-18-25(19-23(29)30)22(28)20-26/h22,26,28H,2-20H2,1H3,(H,24,27)(H,29,30). The summed E-state index contributed by atoms with van der Waals surface area (Å²) in [5.41, 5.74) is 0. The van der Waals surface area contributed by atoms with Crippen LogP contribution in [0.4, 0.5) is 0 Å². The topological polar surface area (TPSA) is 110 Å². The quantitative estimate of drug-likeness (QED) is 0.154. The number of aliphatic carboxylic acids is 1. The Morgan fingerprint density at radius 2 is 1.30 bits per heavy atom. The van der Waals surface area contributed by atoms with E-state index in [0.29, 0.717) is 6.42 Å². The smallest absolute Gasteiger partial charge is 0.317 e. The molecule has 0 bridgehead atoms. The van der Waals surface area contributed by atoms with E-state index in [0.717, 1.165) is 12.8 Å². The van der Waals surface area contributed by atoms with Crippen LogP contribution in [0.1, 0.15) is 103 Å². The molecule has 0 aliphatic carbocycles. The van der Waals surface area contributed by atoms with Crippen molar-refractivity contribution in [3.63, 3.8) is 0 Å². The van der Waals surface area contributed by atoms with Gasteiger partial charge in [0, 0.05) is 19.5 Å². The van der Waals surface area contributed by atoms with Gasteiger partial charge in [0.15, 0.2) is 0 Å². The summed E-state index contributed by atoms with van der Waals surface area (Å²) < 4.78 is 0. The number of amides is 1. The van der Waals surface area contributed by atoms with Crippen molar-refractivity contribution in [1.82, 2.24) is 10.2 Å². The van der Waals surface area contributed by atoms with Gasteiger partial charge in [-0.3, -0.25) is 14.5 Å². The number of unbranched alkanes of at least 4 members (excludes halogenated alkanes) is 13. The van der Waals surface area contributed by atoms with E-state index in [-0.39, 0.29) is 25.5 Å². The van der Waals surface area contributed by atoms with Crippen molar-refractivity contribution in [2.75, 3.05) is 26.2 Å². The average molecular weight is 431 g/mol. The first kappa shape index (κ1) is 28.8. The molecule has 178 valence electrons. The van der Waals surface area contributed by atoms with E-state index >= 15 is 0 Å². The van der Waals surface area contributed by atoms with Crippen LogP contribution >= 0.6 is 0 Å².